The Bertz CT molecular complexity index is 419. The van der Waals surface area contributed by atoms with Crippen LogP contribution in [0.5, 0.6) is 0 Å². The Labute approximate surface area is 108 Å². The van der Waals surface area contributed by atoms with Crippen molar-refractivity contribution in [1.82, 2.24) is 0 Å². The minimum Gasteiger partial charge on any atom is -0.185 e. The first-order valence-electron chi connectivity index (χ1n) is 6.41. The third-order valence-corrected chi connectivity index (χ3v) is 4.29. The second-order valence-electron chi connectivity index (χ2n) is 5.02. The lowest BCUT2D eigenvalue weighted by Crippen LogP contribution is -2.06. The van der Waals surface area contributed by atoms with Gasteiger partial charge in [-0.25, -0.2) is 0 Å². The molecule has 0 amide bonds. The molecule has 1 nitrogen and oxygen atoms in total. The number of aryl methyl sites for hydroxylation is 2. The topological polar surface area (TPSA) is 23.8 Å². The summed E-state index contributed by atoms with van der Waals surface area (Å²) in [4.78, 5) is 0. The van der Waals surface area contributed by atoms with Crippen LogP contribution in [0.2, 0.25) is 0 Å². The van der Waals surface area contributed by atoms with Crippen LogP contribution in [0, 0.1) is 16.6 Å². The van der Waals surface area contributed by atoms with Crippen molar-refractivity contribution < 1.29 is 0 Å². The lowest BCUT2D eigenvalue weighted by Gasteiger charge is -2.17. The summed E-state index contributed by atoms with van der Waals surface area (Å²) in [7, 11) is 0. The Balaban J connectivity index is 2.00. The molecule has 2 rings (SSSR count). The lowest BCUT2D eigenvalue weighted by atomic mass is 9.89. The second kappa shape index (κ2) is 6.12. The molecule has 1 aromatic carbocycles. The molecule has 1 aliphatic rings. The van der Waals surface area contributed by atoms with Crippen molar-refractivity contribution in [1.29, 1.82) is 5.26 Å². The number of fused-ring (bicyclic) bond motifs is 1. The van der Waals surface area contributed by atoms with Gasteiger partial charge in [-0.05, 0) is 66.5 Å². The van der Waals surface area contributed by atoms with Crippen LogP contribution in [0.1, 0.15) is 36.5 Å². The minimum atomic E-state index is 0.585. The van der Waals surface area contributed by atoms with Gasteiger partial charge in [-0.1, -0.05) is 25.1 Å². The summed E-state index contributed by atoms with van der Waals surface area (Å²) in [5.74, 6) is 1.52. The molecule has 1 aliphatic carbocycles. The van der Waals surface area contributed by atoms with E-state index in [9.17, 15) is 0 Å². The number of thiocyanates is 1. The molecule has 0 heterocycles. The third-order valence-electron chi connectivity index (χ3n) is 3.43. The van der Waals surface area contributed by atoms with Crippen LogP contribution in [0.3, 0.4) is 0 Å². The fourth-order valence-corrected chi connectivity index (χ4v) is 3.03. The average molecular weight is 245 g/mol. The first-order chi connectivity index (χ1) is 8.29. The highest BCUT2D eigenvalue weighted by Gasteiger charge is 2.10. The Morgan fingerprint density at radius 1 is 1.29 bits per heavy atom. The summed E-state index contributed by atoms with van der Waals surface area (Å²) in [5.41, 5.74) is 4.56. The highest BCUT2D eigenvalue weighted by molar-refractivity contribution is 8.03. The van der Waals surface area contributed by atoms with Gasteiger partial charge < -0.3 is 0 Å². The van der Waals surface area contributed by atoms with Crippen LogP contribution < -0.4 is 0 Å². The Morgan fingerprint density at radius 3 is 2.82 bits per heavy atom. The van der Waals surface area contributed by atoms with Gasteiger partial charge in [0, 0.05) is 5.75 Å². The van der Waals surface area contributed by atoms with Gasteiger partial charge in [-0.2, -0.15) is 5.26 Å². The number of rotatable bonds is 4. The van der Waals surface area contributed by atoms with Crippen molar-refractivity contribution in [2.75, 3.05) is 5.75 Å². The van der Waals surface area contributed by atoms with E-state index in [-0.39, 0.29) is 0 Å². The molecule has 1 unspecified atom stereocenters. The molecule has 0 saturated carbocycles. The first-order valence-corrected chi connectivity index (χ1v) is 7.39. The smallest absolute Gasteiger partial charge is 0.133 e. The van der Waals surface area contributed by atoms with E-state index in [1.807, 2.05) is 0 Å². The number of hydrogen-bond acceptors (Lipinski definition) is 2. The normalized spacial score (nSPS) is 16.0. The van der Waals surface area contributed by atoms with E-state index in [1.165, 1.54) is 43.0 Å². The van der Waals surface area contributed by atoms with E-state index in [4.69, 9.17) is 5.26 Å². The molecule has 0 saturated heterocycles. The van der Waals surface area contributed by atoms with Crippen LogP contribution in [0.4, 0.5) is 0 Å². The fourth-order valence-electron chi connectivity index (χ4n) is 2.55. The molecular formula is C15H19NS. The van der Waals surface area contributed by atoms with Gasteiger partial charge >= 0.3 is 0 Å². The second-order valence-corrected chi connectivity index (χ2v) is 5.83. The van der Waals surface area contributed by atoms with Gasteiger partial charge in [0.2, 0.25) is 0 Å². The summed E-state index contributed by atoms with van der Waals surface area (Å²) in [5, 5.41) is 10.7. The molecule has 17 heavy (non-hydrogen) atoms. The molecule has 0 aliphatic heterocycles. The monoisotopic (exact) mass is 245 g/mol. The summed E-state index contributed by atoms with van der Waals surface area (Å²) in [6.45, 7) is 2.23. The molecule has 2 heteroatoms. The Morgan fingerprint density at radius 2 is 2.06 bits per heavy atom. The lowest BCUT2D eigenvalue weighted by molar-refractivity contribution is 0.652. The van der Waals surface area contributed by atoms with Crippen molar-refractivity contribution in [3.05, 3.63) is 34.9 Å². The van der Waals surface area contributed by atoms with Gasteiger partial charge in [-0.15, -0.1) is 0 Å². The molecule has 0 radical (unpaired) electrons. The van der Waals surface area contributed by atoms with E-state index >= 15 is 0 Å². The van der Waals surface area contributed by atoms with Gasteiger partial charge in [0.25, 0.3) is 0 Å². The van der Waals surface area contributed by atoms with Crippen molar-refractivity contribution in [3.8, 4) is 5.40 Å². The molecule has 0 bridgehead atoms. The number of benzene rings is 1. The SMILES string of the molecule is CC(CSC#N)Cc1ccc2c(c1)CCCC2. The van der Waals surface area contributed by atoms with Crippen LogP contribution in [0.25, 0.3) is 0 Å². The molecule has 0 aromatic heterocycles. The van der Waals surface area contributed by atoms with Gasteiger partial charge in [0.1, 0.15) is 5.40 Å². The van der Waals surface area contributed by atoms with E-state index < -0.39 is 0 Å². The average Bonchev–Trinajstić information content (AvgIpc) is 2.36. The van der Waals surface area contributed by atoms with Crippen LogP contribution in [0.15, 0.2) is 18.2 Å². The van der Waals surface area contributed by atoms with Crippen molar-refractivity contribution in [2.45, 2.75) is 39.0 Å². The Hall–Kier alpha value is -0.940. The summed E-state index contributed by atoms with van der Waals surface area (Å²) < 4.78 is 0. The molecule has 1 atom stereocenters. The van der Waals surface area contributed by atoms with E-state index in [0.717, 1.165) is 12.2 Å². The zero-order valence-electron chi connectivity index (χ0n) is 10.4. The maximum Gasteiger partial charge on any atom is 0.133 e. The maximum atomic E-state index is 8.55. The number of thioether (sulfide) groups is 1. The Kier molecular flexibility index (Phi) is 4.50. The number of hydrogen-bond donors (Lipinski definition) is 0. The highest BCUT2D eigenvalue weighted by atomic mass is 32.2. The van der Waals surface area contributed by atoms with E-state index in [2.05, 4.69) is 30.5 Å². The van der Waals surface area contributed by atoms with Crippen molar-refractivity contribution >= 4 is 11.8 Å². The summed E-state index contributed by atoms with van der Waals surface area (Å²) in [6.07, 6.45) is 6.31. The standard InChI is InChI=1S/C15H19NS/c1-12(10-17-11-16)8-13-6-7-14-4-2-3-5-15(14)9-13/h6-7,9,12H,2-5,8,10H2,1H3. The van der Waals surface area contributed by atoms with Gasteiger partial charge in [0.05, 0.1) is 0 Å². The summed E-state index contributed by atoms with van der Waals surface area (Å²) >= 11 is 1.37. The van der Waals surface area contributed by atoms with Crippen molar-refractivity contribution in [3.63, 3.8) is 0 Å². The molecule has 0 N–H and O–H groups in total. The van der Waals surface area contributed by atoms with Gasteiger partial charge in [-0.3, -0.25) is 0 Å². The predicted octanol–water partition coefficient (Wildman–Crippen LogP) is 3.96. The van der Waals surface area contributed by atoms with Crippen LogP contribution >= 0.6 is 11.8 Å². The third kappa shape index (κ3) is 3.51. The molecule has 90 valence electrons. The van der Waals surface area contributed by atoms with Gasteiger partial charge in [0.15, 0.2) is 0 Å². The van der Waals surface area contributed by atoms with Crippen LogP contribution in [-0.2, 0) is 19.3 Å². The molecular weight excluding hydrogens is 226 g/mol. The maximum absolute atomic E-state index is 8.55. The zero-order valence-corrected chi connectivity index (χ0v) is 11.2. The number of nitrogens with zero attached hydrogens (tertiary/aromatic N) is 1. The fraction of sp³-hybridized carbons (Fsp3) is 0.533. The van der Waals surface area contributed by atoms with E-state index in [1.54, 1.807) is 11.1 Å². The molecule has 0 fully saturated rings. The minimum absolute atomic E-state index is 0.585. The first kappa shape index (κ1) is 12.5. The van der Waals surface area contributed by atoms with Crippen LogP contribution in [-0.4, -0.2) is 5.75 Å². The van der Waals surface area contributed by atoms with E-state index in [0.29, 0.717) is 5.92 Å². The van der Waals surface area contributed by atoms with Crippen molar-refractivity contribution in [2.24, 2.45) is 5.92 Å². The molecule has 1 aromatic rings. The number of nitriles is 1. The highest BCUT2D eigenvalue weighted by Crippen LogP contribution is 2.23. The largest absolute Gasteiger partial charge is 0.185 e. The zero-order chi connectivity index (χ0) is 12.1. The summed E-state index contributed by atoms with van der Waals surface area (Å²) in [6, 6.07) is 6.98. The quantitative estimate of drug-likeness (QED) is 0.750. The predicted molar refractivity (Wildman–Crippen MR) is 74.0 cm³/mol. The molecule has 0 spiro atoms.